The Morgan fingerprint density at radius 2 is 1.79 bits per heavy atom. The van der Waals surface area contributed by atoms with Crippen LogP contribution in [-0.2, 0) is 9.59 Å². The number of rotatable bonds is 9. The van der Waals surface area contributed by atoms with Gasteiger partial charge in [-0.3, -0.25) is 9.59 Å². The number of carbonyl (C=O) groups excluding carboxylic acids is 1. The Labute approximate surface area is 174 Å². The summed E-state index contributed by atoms with van der Waals surface area (Å²) in [5.74, 6) is 0.201. The number of carbonyl (C=O) groups is 2. The zero-order chi connectivity index (χ0) is 20.6. The van der Waals surface area contributed by atoms with Crippen molar-refractivity contribution in [3.05, 3.63) is 47.5 Å². The van der Waals surface area contributed by atoms with Crippen molar-refractivity contribution in [2.24, 2.45) is 11.8 Å². The summed E-state index contributed by atoms with van der Waals surface area (Å²) < 4.78 is 0. The Morgan fingerprint density at radius 3 is 2.48 bits per heavy atom. The van der Waals surface area contributed by atoms with Crippen molar-refractivity contribution in [2.75, 3.05) is 0 Å². The number of allylic oxidation sites excluding steroid dienone is 2. The van der Waals surface area contributed by atoms with Gasteiger partial charge in [0, 0.05) is 18.8 Å². The van der Waals surface area contributed by atoms with E-state index in [1.165, 1.54) is 24.8 Å². The number of benzene rings is 1. The van der Waals surface area contributed by atoms with E-state index >= 15 is 0 Å². The van der Waals surface area contributed by atoms with Crippen LogP contribution in [0.2, 0.25) is 0 Å². The first-order valence-corrected chi connectivity index (χ1v) is 11.2. The molecule has 0 bridgehead atoms. The third kappa shape index (κ3) is 6.02. The molecule has 2 fully saturated rings. The van der Waals surface area contributed by atoms with Crippen LogP contribution in [0.5, 0.6) is 0 Å². The van der Waals surface area contributed by atoms with Crippen molar-refractivity contribution in [1.82, 2.24) is 0 Å². The summed E-state index contributed by atoms with van der Waals surface area (Å²) in [7, 11) is 0. The second-order valence-corrected chi connectivity index (χ2v) is 8.72. The van der Waals surface area contributed by atoms with Crippen LogP contribution in [0.3, 0.4) is 0 Å². The molecule has 4 heteroatoms. The van der Waals surface area contributed by atoms with Crippen LogP contribution in [0.15, 0.2) is 36.4 Å². The van der Waals surface area contributed by atoms with E-state index in [-0.39, 0.29) is 24.4 Å². The van der Waals surface area contributed by atoms with Gasteiger partial charge in [0.2, 0.25) is 0 Å². The monoisotopic (exact) mass is 398 g/mol. The van der Waals surface area contributed by atoms with Crippen LogP contribution < -0.4 is 0 Å². The van der Waals surface area contributed by atoms with E-state index in [0.29, 0.717) is 24.5 Å². The van der Waals surface area contributed by atoms with Gasteiger partial charge in [-0.2, -0.15) is 0 Å². The number of hydrogen-bond donors (Lipinski definition) is 2. The zero-order valence-corrected chi connectivity index (χ0v) is 17.3. The highest BCUT2D eigenvalue weighted by molar-refractivity contribution is 5.84. The SMILES string of the molecule is O=C(O)CCCC=CC[C@H]1C(=O)CC[C@@H]1c1ccc([C@H](O)C2CCCCC2)cc1. The maximum Gasteiger partial charge on any atom is 0.303 e. The Bertz CT molecular complexity index is 700. The van der Waals surface area contributed by atoms with Gasteiger partial charge in [0.25, 0.3) is 0 Å². The van der Waals surface area contributed by atoms with Gasteiger partial charge in [0.05, 0.1) is 6.10 Å². The summed E-state index contributed by atoms with van der Waals surface area (Å²) in [6.07, 6.45) is 13.4. The topological polar surface area (TPSA) is 74.6 Å². The molecule has 0 spiro atoms. The Balaban J connectivity index is 1.57. The van der Waals surface area contributed by atoms with Crippen LogP contribution in [0.1, 0.15) is 93.8 Å². The van der Waals surface area contributed by atoms with E-state index in [1.54, 1.807) is 0 Å². The van der Waals surface area contributed by atoms with Crippen molar-refractivity contribution in [3.63, 3.8) is 0 Å². The van der Waals surface area contributed by atoms with E-state index in [0.717, 1.165) is 37.7 Å². The summed E-state index contributed by atoms with van der Waals surface area (Å²) in [5, 5.41) is 19.4. The minimum Gasteiger partial charge on any atom is -0.481 e. The van der Waals surface area contributed by atoms with Gasteiger partial charge in [-0.25, -0.2) is 0 Å². The van der Waals surface area contributed by atoms with Gasteiger partial charge in [0.1, 0.15) is 5.78 Å². The second kappa shape index (κ2) is 10.7. The van der Waals surface area contributed by atoms with E-state index in [4.69, 9.17) is 5.11 Å². The molecule has 0 aliphatic heterocycles. The predicted molar refractivity (Wildman–Crippen MR) is 114 cm³/mol. The molecule has 2 aliphatic carbocycles. The summed E-state index contributed by atoms with van der Waals surface area (Å²) in [6, 6.07) is 8.31. The van der Waals surface area contributed by atoms with Gasteiger partial charge in [-0.1, -0.05) is 55.7 Å². The minimum absolute atomic E-state index is 0.0137. The number of Topliss-reactive ketones (excluding diaryl/α,β-unsaturated/α-hetero) is 1. The van der Waals surface area contributed by atoms with Crippen LogP contribution in [0.4, 0.5) is 0 Å². The number of carboxylic acid groups (broad SMARTS) is 1. The van der Waals surface area contributed by atoms with E-state index in [2.05, 4.69) is 24.3 Å². The number of ketones is 1. The fraction of sp³-hybridized carbons (Fsp3) is 0.600. The third-order valence-electron chi connectivity index (χ3n) is 6.72. The molecule has 0 amide bonds. The van der Waals surface area contributed by atoms with Crippen molar-refractivity contribution in [1.29, 1.82) is 0 Å². The van der Waals surface area contributed by atoms with E-state index in [1.807, 2.05) is 12.2 Å². The Hall–Kier alpha value is -1.94. The molecular weight excluding hydrogens is 364 g/mol. The van der Waals surface area contributed by atoms with Gasteiger partial charge >= 0.3 is 5.97 Å². The molecule has 3 atom stereocenters. The normalized spacial score (nSPS) is 24.2. The maximum atomic E-state index is 12.4. The Morgan fingerprint density at radius 1 is 1.07 bits per heavy atom. The van der Waals surface area contributed by atoms with Crippen molar-refractivity contribution in [3.8, 4) is 0 Å². The molecule has 1 aromatic carbocycles. The average molecular weight is 399 g/mol. The maximum absolute atomic E-state index is 12.4. The zero-order valence-electron chi connectivity index (χ0n) is 17.3. The molecule has 2 aliphatic rings. The van der Waals surface area contributed by atoms with Crippen LogP contribution >= 0.6 is 0 Å². The summed E-state index contributed by atoms with van der Waals surface area (Å²) in [4.78, 5) is 23.0. The highest BCUT2D eigenvalue weighted by atomic mass is 16.4. The fourth-order valence-electron chi connectivity index (χ4n) is 5.00. The van der Waals surface area contributed by atoms with Crippen LogP contribution in [-0.4, -0.2) is 22.0 Å². The van der Waals surface area contributed by atoms with Crippen molar-refractivity contribution >= 4 is 11.8 Å². The highest BCUT2D eigenvalue weighted by Crippen LogP contribution is 2.40. The van der Waals surface area contributed by atoms with Crippen molar-refractivity contribution in [2.45, 2.75) is 82.7 Å². The first kappa shape index (κ1) is 21.8. The molecule has 158 valence electrons. The molecular formula is C25H34O4. The number of aliphatic hydroxyl groups excluding tert-OH is 1. The summed E-state index contributed by atoms with van der Waals surface area (Å²) in [5.41, 5.74) is 2.19. The van der Waals surface area contributed by atoms with Crippen LogP contribution in [0, 0.1) is 11.8 Å². The smallest absolute Gasteiger partial charge is 0.303 e. The number of hydrogen-bond acceptors (Lipinski definition) is 3. The molecule has 0 unspecified atom stereocenters. The average Bonchev–Trinajstić information content (AvgIpc) is 3.11. The minimum atomic E-state index is -0.763. The van der Waals surface area contributed by atoms with Gasteiger partial charge in [-0.05, 0) is 61.5 Å². The molecule has 0 radical (unpaired) electrons. The molecule has 29 heavy (non-hydrogen) atoms. The molecule has 3 rings (SSSR count). The van der Waals surface area contributed by atoms with E-state index < -0.39 is 5.97 Å². The first-order valence-electron chi connectivity index (χ1n) is 11.2. The van der Waals surface area contributed by atoms with Gasteiger partial charge in [-0.15, -0.1) is 0 Å². The first-order chi connectivity index (χ1) is 14.1. The summed E-state index contributed by atoms with van der Waals surface area (Å²) in [6.45, 7) is 0. The molecule has 2 N–H and O–H groups in total. The fourth-order valence-corrected chi connectivity index (χ4v) is 5.00. The quantitative estimate of drug-likeness (QED) is 0.421. The molecule has 0 aromatic heterocycles. The van der Waals surface area contributed by atoms with Gasteiger partial charge < -0.3 is 10.2 Å². The number of unbranched alkanes of at least 4 members (excludes halogenated alkanes) is 1. The summed E-state index contributed by atoms with van der Waals surface area (Å²) >= 11 is 0. The third-order valence-corrected chi connectivity index (χ3v) is 6.72. The molecule has 1 aromatic rings. The second-order valence-electron chi connectivity index (χ2n) is 8.72. The number of carboxylic acids is 1. The lowest BCUT2D eigenvalue weighted by atomic mass is 9.81. The lowest BCUT2D eigenvalue weighted by Gasteiger charge is -2.27. The lowest BCUT2D eigenvalue weighted by molar-refractivity contribution is -0.137. The molecule has 2 saturated carbocycles. The number of aliphatic carboxylic acids is 1. The predicted octanol–water partition coefficient (Wildman–Crippen LogP) is 5.56. The number of aliphatic hydroxyl groups is 1. The Kier molecular flexibility index (Phi) is 8.05. The van der Waals surface area contributed by atoms with Crippen molar-refractivity contribution < 1.29 is 19.8 Å². The largest absolute Gasteiger partial charge is 0.481 e. The highest BCUT2D eigenvalue weighted by Gasteiger charge is 2.34. The molecule has 0 saturated heterocycles. The lowest BCUT2D eigenvalue weighted by Crippen LogP contribution is -2.16. The standard InChI is InChI=1S/C25H34O4/c26-23-17-16-21(22(23)10-6-1-2-7-11-24(27)28)18-12-14-20(15-13-18)25(29)19-8-4-3-5-9-19/h1,6,12-15,19,21-22,25,29H,2-5,7-11,16-17H2,(H,27,28)/t21-,22-,25-/m1/s1. The van der Waals surface area contributed by atoms with Crippen LogP contribution in [0.25, 0.3) is 0 Å². The van der Waals surface area contributed by atoms with Gasteiger partial charge in [0.15, 0.2) is 0 Å². The van der Waals surface area contributed by atoms with E-state index in [9.17, 15) is 14.7 Å². The molecule has 0 heterocycles. The molecule has 4 nitrogen and oxygen atoms in total.